The molecular formula is C11H22N2O2. The van der Waals surface area contributed by atoms with Crippen molar-refractivity contribution >= 4 is 0 Å². The highest BCUT2D eigenvalue weighted by Gasteiger charge is 2.55. The molecule has 0 saturated carbocycles. The Labute approximate surface area is 91.2 Å². The van der Waals surface area contributed by atoms with E-state index in [1.165, 1.54) is 0 Å². The predicted molar refractivity (Wildman–Crippen MR) is 58.6 cm³/mol. The van der Waals surface area contributed by atoms with Crippen molar-refractivity contribution in [2.24, 2.45) is 5.73 Å². The second-order valence-corrected chi connectivity index (χ2v) is 5.66. The van der Waals surface area contributed by atoms with Crippen LogP contribution in [0.1, 0.15) is 33.1 Å². The van der Waals surface area contributed by atoms with E-state index in [1.54, 1.807) is 0 Å². The Morgan fingerprint density at radius 2 is 1.87 bits per heavy atom. The van der Waals surface area contributed by atoms with Crippen molar-refractivity contribution in [2.45, 2.75) is 49.9 Å². The normalized spacial score (nSPS) is 39.2. The molecule has 1 atom stereocenters. The molecule has 2 aliphatic rings. The van der Waals surface area contributed by atoms with Gasteiger partial charge in [0.1, 0.15) is 5.60 Å². The van der Waals surface area contributed by atoms with Gasteiger partial charge < -0.3 is 20.9 Å². The molecule has 4 heteroatoms. The molecule has 0 aromatic rings. The van der Waals surface area contributed by atoms with Crippen LogP contribution in [0.4, 0.5) is 0 Å². The second-order valence-electron chi connectivity index (χ2n) is 5.66. The summed E-state index contributed by atoms with van der Waals surface area (Å²) < 4.78 is 5.62. The van der Waals surface area contributed by atoms with E-state index in [0.29, 0.717) is 13.0 Å². The lowest BCUT2D eigenvalue weighted by Gasteiger charge is -2.44. The summed E-state index contributed by atoms with van der Waals surface area (Å²) in [5.74, 6) is 0. The molecule has 0 bridgehead atoms. The van der Waals surface area contributed by atoms with Crippen LogP contribution >= 0.6 is 0 Å². The Bertz CT molecular complexity index is 249. The predicted octanol–water partition coefficient (Wildman–Crippen LogP) is -0.00270. The summed E-state index contributed by atoms with van der Waals surface area (Å²) in [6, 6.07) is 0. The molecule has 2 saturated heterocycles. The lowest BCUT2D eigenvalue weighted by atomic mass is 9.71. The topological polar surface area (TPSA) is 67.5 Å². The highest BCUT2D eigenvalue weighted by atomic mass is 16.5. The Hall–Kier alpha value is -0.160. The quantitative estimate of drug-likeness (QED) is 0.574. The highest BCUT2D eigenvalue weighted by Crippen LogP contribution is 2.41. The molecule has 0 aliphatic carbocycles. The fourth-order valence-electron chi connectivity index (χ4n) is 2.78. The summed E-state index contributed by atoms with van der Waals surface area (Å²) in [5, 5.41) is 13.9. The van der Waals surface area contributed by atoms with E-state index in [-0.39, 0.29) is 5.60 Å². The Morgan fingerprint density at radius 3 is 2.33 bits per heavy atom. The van der Waals surface area contributed by atoms with Crippen LogP contribution in [0, 0.1) is 0 Å². The zero-order valence-electron chi connectivity index (χ0n) is 9.68. The molecule has 15 heavy (non-hydrogen) atoms. The van der Waals surface area contributed by atoms with E-state index in [2.05, 4.69) is 5.32 Å². The van der Waals surface area contributed by atoms with Gasteiger partial charge in [-0.3, -0.25) is 0 Å². The van der Waals surface area contributed by atoms with Crippen molar-refractivity contribution in [2.75, 3.05) is 19.7 Å². The molecule has 0 aromatic heterocycles. The van der Waals surface area contributed by atoms with Gasteiger partial charge in [-0.1, -0.05) is 0 Å². The van der Waals surface area contributed by atoms with Crippen molar-refractivity contribution in [1.82, 2.24) is 5.32 Å². The summed E-state index contributed by atoms with van der Waals surface area (Å²) in [7, 11) is 0. The largest absolute Gasteiger partial charge is 0.385 e. The smallest absolute Gasteiger partial charge is 0.109 e. The molecular weight excluding hydrogens is 192 g/mol. The van der Waals surface area contributed by atoms with E-state index in [1.807, 2.05) is 13.8 Å². The maximum atomic E-state index is 10.6. The van der Waals surface area contributed by atoms with Gasteiger partial charge in [-0.25, -0.2) is 0 Å². The van der Waals surface area contributed by atoms with E-state index in [0.717, 1.165) is 25.9 Å². The van der Waals surface area contributed by atoms with E-state index < -0.39 is 11.1 Å². The van der Waals surface area contributed by atoms with Crippen molar-refractivity contribution in [3.63, 3.8) is 0 Å². The maximum absolute atomic E-state index is 10.6. The third-order valence-corrected chi connectivity index (χ3v) is 3.84. The first kappa shape index (κ1) is 11.3. The minimum atomic E-state index is -0.849. The lowest BCUT2D eigenvalue weighted by molar-refractivity contribution is -0.0544. The Kier molecular flexibility index (Phi) is 2.58. The van der Waals surface area contributed by atoms with Gasteiger partial charge in [0, 0.05) is 12.0 Å². The first-order valence-electron chi connectivity index (χ1n) is 5.73. The molecule has 2 fully saturated rings. The molecule has 2 heterocycles. The van der Waals surface area contributed by atoms with E-state index in [4.69, 9.17) is 10.5 Å². The SMILES string of the molecule is CC1(C)CC(O)(C2(N)CCNCC2)CO1. The molecule has 4 N–H and O–H groups in total. The van der Waals surface area contributed by atoms with E-state index in [9.17, 15) is 5.11 Å². The fraction of sp³-hybridized carbons (Fsp3) is 1.00. The van der Waals surface area contributed by atoms with Gasteiger partial charge in [0.15, 0.2) is 0 Å². The van der Waals surface area contributed by atoms with Gasteiger partial charge in [-0.05, 0) is 39.8 Å². The number of hydrogen-bond donors (Lipinski definition) is 3. The Morgan fingerprint density at radius 1 is 1.27 bits per heavy atom. The van der Waals surface area contributed by atoms with E-state index >= 15 is 0 Å². The molecule has 0 radical (unpaired) electrons. The standard InChI is InChI=1S/C11H22N2O2/c1-9(2)7-11(14,8-15-9)10(12)3-5-13-6-4-10/h13-14H,3-8,12H2,1-2H3. The molecule has 4 nitrogen and oxygen atoms in total. The summed E-state index contributed by atoms with van der Waals surface area (Å²) in [5.41, 5.74) is 4.78. The first-order chi connectivity index (χ1) is 6.87. The van der Waals surface area contributed by atoms with Crippen LogP contribution in [-0.2, 0) is 4.74 Å². The van der Waals surface area contributed by atoms with Crippen molar-refractivity contribution in [3.8, 4) is 0 Å². The average molecular weight is 214 g/mol. The third-order valence-electron chi connectivity index (χ3n) is 3.84. The maximum Gasteiger partial charge on any atom is 0.109 e. The zero-order chi connectivity index (χ0) is 11.2. The van der Waals surface area contributed by atoms with Gasteiger partial charge >= 0.3 is 0 Å². The summed E-state index contributed by atoms with van der Waals surface area (Å²) in [6.07, 6.45) is 2.28. The summed E-state index contributed by atoms with van der Waals surface area (Å²) >= 11 is 0. The number of nitrogens with one attached hydrogen (secondary N) is 1. The van der Waals surface area contributed by atoms with Crippen LogP contribution in [0.5, 0.6) is 0 Å². The molecule has 2 rings (SSSR count). The van der Waals surface area contributed by atoms with Gasteiger partial charge in [0.2, 0.25) is 0 Å². The van der Waals surface area contributed by atoms with Crippen molar-refractivity contribution in [3.05, 3.63) is 0 Å². The van der Waals surface area contributed by atoms with Gasteiger partial charge in [-0.2, -0.15) is 0 Å². The van der Waals surface area contributed by atoms with Gasteiger partial charge in [0.05, 0.1) is 12.2 Å². The van der Waals surface area contributed by atoms with Crippen LogP contribution in [0.3, 0.4) is 0 Å². The highest BCUT2D eigenvalue weighted by molar-refractivity contribution is 5.10. The lowest BCUT2D eigenvalue weighted by Crippen LogP contribution is -2.65. The molecule has 0 spiro atoms. The average Bonchev–Trinajstić information content (AvgIpc) is 2.44. The molecule has 2 aliphatic heterocycles. The number of hydrogen-bond acceptors (Lipinski definition) is 4. The number of ether oxygens (including phenoxy) is 1. The minimum Gasteiger partial charge on any atom is -0.385 e. The van der Waals surface area contributed by atoms with Crippen molar-refractivity contribution < 1.29 is 9.84 Å². The van der Waals surface area contributed by atoms with Gasteiger partial charge in [0.25, 0.3) is 0 Å². The number of rotatable bonds is 1. The summed E-state index contributed by atoms with van der Waals surface area (Å²) in [6.45, 7) is 6.17. The summed E-state index contributed by atoms with van der Waals surface area (Å²) in [4.78, 5) is 0. The molecule has 0 amide bonds. The van der Waals surface area contributed by atoms with Crippen molar-refractivity contribution in [1.29, 1.82) is 0 Å². The monoisotopic (exact) mass is 214 g/mol. The molecule has 88 valence electrons. The number of nitrogens with two attached hydrogens (primary N) is 1. The van der Waals surface area contributed by atoms with Crippen LogP contribution < -0.4 is 11.1 Å². The third kappa shape index (κ3) is 1.91. The number of piperidine rings is 1. The van der Waals surface area contributed by atoms with Gasteiger partial charge in [-0.15, -0.1) is 0 Å². The minimum absolute atomic E-state index is 0.244. The first-order valence-corrected chi connectivity index (χ1v) is 5.73. The van der Waals surface area contributed by atoms with Crippen LogP contribution in [-0.4, -0.2) is 41.5 Å². The second kappa shape index (κ2) is 3.42. The van der Waals surface area contributed by atoms with Crippen LogP contribution in [0.2, 0.25) is 0 Å². The molecule has 0 aromatic carbocycles. The Balaban J connectivity index is 2.15. The van der Waals surface area contributed by atoms with Crippen LogP contribution in [0.15, 0.2) is 0 Å². The zero-order valence-corrected chi connectivity index (χ0v) is 9.68. The fourth-order valence-corrected chi connectivity index (χ4v) is 2.78. The van der Waals surface area contributed by atoms with Crippen LogP contribution in [0.25, 0.3) is 0 Å². The molecule has 1 unspecified atom stereocenters. The number of aliphatic hydroxyl groups is 1.